The largest absolute Gasteiger partial charge is 0.438 e. The molecule has 0 aliphatic heterocycles. The van der Waals surface area contributed by atoms with E-state index in [0.717, 1.165) is 24.9 Å². The first kappa shape index (κ1) is 23.0. The summed E-state index contributed by atoms with van der Waals surface area (Å²) in [6.07, 6.45) is 4.74. The number of rotatable bonds is 6. The number of carbonyl (C=O) groups is 1. The highest BCUT2D eigenvalue weighted by molar-refractivity contribution is 7.14. The number of ether oxygens (including phenoxy) is 1. The Balaban J connectivity index is 1.41. The molecule has 8 heteroatoms. The molecule has 5 rings (SSSR count). The minimum Gasteiger partial charge on any atom is -0.438 e. The summed E-state index contributed by atoms with van der Waals surface area (Å²) in [7, 11) is 0. The molecule has 1 atom stereocenters. The molecule has 35 heavy (non-hydrogen) atoms. The molecule has 0 fully saturated rings. The van der Waals surface area contributed by atoms with Gasteiger partial charge in [0.1, 0.15) is 11.6 Å². The highest BCUT2D eigenvalue weighted by atomic mass is 32.1. The van der Waals surface area contributed by atoms with Crippen LogP contribution in [0.2, 0.25) is 0 Å². The fourth-order valence-electron chi connectivity index (χ4n) is 4.15. The van der Waals surface area contributed by atoms with Crippen molar-refractivity contribution < 1.29 is 13.9 Å². The number of carbonyl (C=O) groups excluding carboxylic acids is 1. The number of thiophene rings is 1. The van der Waals surface area contributed by atoms with Crippen LogP contribution < -0.4 is 10.2 Å². The zero-order valence-electron chi connectivity index (χ0n) is 19.5. The van der Waals surface area contributed by atoms with Gasteiger partial charge in [0.05, 0.1) is 28.0 Å². The van der Waals surface area contributed by atoms with Crippen molar-refractivity contribution in [1.82, 2.24) is 15.2 Å². The molecule has 0 bridgehead atoms. The van der Waals surface area contributed by atoms with E-state index in [-0.39, 0.29) is 11.7 Å². The predicted molar refractivity (Wildman–Crippen MR) is 135 cm³/mol. The Kier molecular flexibility index (Phi) is 6.46. The second-order valence-corrected chi connectivity index (χ2v) is 9.85. The van der Waals surface area contributed by atoms with E-state index in [4.69, 9.17) is 4.74 Å². The van der Waals surface area contributed by atoms with Crippen molar-refractivity contribution in [3.05, 3.63) is 93.1 Å². The normalized spacial score (nSPS) is 15.2. The second-order valence-electron chi connectivity index (χ2n) is 8.71. The summed E-state index contributed by atoms with van der Waals surface area (Å²) >= 11 is 1.54. The monoisotopic (exact) mass is 488 g/mol. The highest BCUT2D eigenvalue weighted by Crippen LogP contribution is 2.32. The summed E-state index contributed by atoms with van der Waals surface area (Å²) in [5.74, 6) is 0.941. The summed E-state index contributed by atoms with van der Waals surface area (Å²) in [5.41, 5.74) is 6.00. The van der Waals surface area contributed by atoms with Crippen molar-refractivity contribution in [2.24, 2.45) is 11.0 Å². The topological polar surface area (TPSA) is 68.5 Å². The Hall–Kier alpha value is -3.78. The van der Waals surface area contributed by atoms with Crippen molar-refractivity contribution in [2.45, 2.75) is 33.1 Å². The van der Waals surface area contributed by atoms with E-state index < -0.39 is 0 Å². The minimum atomic E-state index is -0.348. The molecular weight excluding hydrogens is 463 g/mol. The number of nitrogens with one attached hydrogen (secondary N) is 1. The molecule has 0 saturated heterocycles. The van der Waals surface area contributed by atoms with Crippen LogP contribution in [0.15, 0.2) is 65.8 Å². The fourth-order valence-corrected chi connectivity index (χ4v) is 5.25. The summed E-state index contributed by atoms with van der Waals surface area (Å²) in [5, 5.41) is 8.83. The van der Waals surface area contributed by atoms with Gasteiger partial charge in [-0.25, -0.2) is 9.82 Å². The number of hydrogen-bond donors (Lipinski definition) is 1. The quantitative estimate of drug-likeness (QED) is 0.265. The van der Waals surface area contributed by atoms with E-state index in [2.05, 4.69) is 22.5 Å². The van der Waals surface area contributed by atoms with Crippen LogP contribution in [0, 0.1) is 18.7 Å². The van der Waals surface area contributed by atoms with Crippen LogP contribution in [0.3, 0.4) is 0 Å². The Bertz CT molecular complexity index is 1380. The van der Waals surface area contributed by atoms with Gasteiger partial charge in [-0.2, -0.15) is 14.9 Å². The van der Waals surface area contributed by atoms with Gasteiger partial charge in [-0.15, -0.1) is 11.3 Å². The molecule has 178 valence electrons. The van der Waals surface area contributed by atoms with Crippen molar-refractivity contribution in [3.8, 4) is 17.3 Å². The molecule has 1 aliphatic carbocycles. The number of nitrogens with zero attached hydrogens (tertiary/aromatic N) is 3. The van der Waals surface area contributed by atoms with Crippen LogP contribution >= 0.6 is 11.3 Å². The first-order valence-corrected chi connectivity index (χ1v) is 12.3. The maximum atomic E-state index is 13.4. The van der Waals surface area contributed by atoms with Crippen molar-refractivity contribution in [3.63, 3.8) is 0 Å². The van der Waals surface area contributed by atoms with E-state index in [9.17, 15) is 9.18 Å². The Morgan fingerprint density at radius 1 is 1.23 bits per heavy atom. The zero-order chi connectivity index (χ0) is 24.4. The molecule has 2 aromatic heterocycles. The first-order valence-electron chi connectivity index (χ1n) is 11.5. The molecule has 1 unspecified atom stereocenters. The van der Waals surface area contributed by atoms with E-state index >= 15 is 0 Å². The number of aromatic nitrogens is 2. The number of amides is 1. The number of halogens is 1. The number of para-hydroxylation sites is 1. The minimum absolute atomic E-state index is 0.234. The van der Waals surface area contributed by atoms with Crippen molar-refractivity contribution >= 4 is 23.5 Å². The van der Waals surface area contributed by atoms with Crippen LogP contribution in [0.25, 0.3) is 5.69 Å². The zero-order valence-corrected chi connectivity index (χ0v) is 20.3. The Labute approximate surface area is 207 Å². The lowest BCUT2D eigenvalue weighted by atomic mass is 9.90. The van der Waals surface area contributed by atoms with Gasteiger partial charge >= 0.3 is 0 Å². The molecule has 2 aromatic carbocycles. The first-order chi connectivity index (χ1) is 17.0. The maximum absolute atomic E-state index is 13.4. The Morgan fingerprint density at radius 2 is 2.00 bits per heavy atom. The van der Waals surface area contributed by atoms with E-state index in [1.807, 2.05) is 43.3 Å². The smallest absolute Gasteiger partial charge is 0.281 e. The van der Waals surface area contributed by atoms with Crippen molar-refractivity contribution in [1.29, 1.82) is 0 Å². The van der Waals surface area contributed by atoms with E-state index in [0.29, 0.717) is 33.7 Å². The standard InChI is InChI=1S/C27H25FN4O2S/c1-17-8-13-24-19(14-17)15-25(35-24)26(33)30-29-16-23-18(2)31-32(21-6-4-3-5-7-21)27(23)34-22-11-9-20(28)10-12-22/h3-7,9-12,15-17H,8,13-14H2,1-2H3,(H,30,33)/b29-16+. The third-order valence-corrected chi connectivity index (χ3v) is 7.24. The average molecular weight is 489 g/mol. The summed E-state index contributed by atoms with van der Waals surface area (Å²) in [6, 6.07) is 17.3. The summed E-state index contributed by atoms with van der Waals surface area (Å²) in [6.45, 7) is 4.09. The highest BCUT2D eigenvalue weighted by Gasteiger charge is 2.21. The molecule has 1 aliphatic rings. The van der Waals surface area contributed by atoms with Gasteiger partial charge in [0, 0.05) is 4.88 Å². The maximum Gasteiger partial charge on any atom is 0.281 e. The lowest BCUT2D eigenvalue weighted by molar-refractivity contribution is 0.0959. The molecule has 4 aromatic rings. The molecule has 0 saturated carbocycles. The third kappa shape index (κ3) is 5.02. The summed E-state index contributed by atoms with van der Waals surface area (Å²) < 4.78 is 21.2. The van der Waals surface area contributed by atoms with Gasteiger partial charge in [0.15, 0.2) is 0 Å². The van der Waals surface area contributed by atoms with E-state index in [1.165, 1.54) is 28.8 Å². The van der Waals surface area contributed by atoms with Crippen LogP contribution in [0.5, 0.6) is 11.6 Å². The average Bonchev–Trinajstić information content (AvgIpc) is 3.42. The molecule has 6 nitrogen and oxygen atoms in total. The van der Waals surface area contributed by atoms with Gasteiger partial charge in [-0.05, 0) is 80.1 Å². The van der Waals surface area contributed by atoms with Gasteiger partial charge in [0.25, 0.3) is 5.91 Å². The molecular formula is C27H25FN4O2S. The number of hydrazone groups is 1. The van der Waals surface area contributed by atoms with Gasteiger partial charge < -0.3 is 4.74 Å². The fraction of sp³-hybridized carbons (Fsp3) is 0.222. The third-order valence-electron chi connectivity index (χ3n) is 6.00. The van der Waals surface area contributed by atoms with E-state index in [1.54, 1.807) is 28.2 Å². The van der Waals surface area contributed by atoms with Gasteiger partial charge in [-0.3, -0.25) is 4.79 Å². The predicted octanol–water partition coefficient (Wildman–Crippen LogP) is 6.06. The molecule has 1 N–H and O–H groups in total. The lowest BCUT2D eigenvalue weighted by Crippen LogP contribution is -2.16. The van der Waals surface area contributed by atoms with Gasteiger partial charge in [0.2, 0.25) is 5.88 Å². The Morgan fingerprint density at radius 3 is 2.77 bits per heavy atom. The van der Waals surface area contributed by atoms with Crippen LogP contribution in [-0.4, -0.2) is 21.9 Å². The second kappa shape index (κ2) is 9.84. The molecule has 0 spiro atoms. The lowest BCUT2D eigenvalue weighted by Gasteiger charge is -2.16. The number of fused-ring (bicyclic) bond motifs is 1. The van der Waals surface area contributed by atoms with Crippen molar-refractivity contribution in [2.75, 3.05) is 0 Å². The summed E-state index contributed by atoms with van der Waals surface area (Å²) in [4.78, 5) is 14.7. The molecule has 2 heterocycles. The van der Waals surface area contributed by atoms with Gasteiger partial charge in [-0.1, -0.05) is 25.1 Å². The molecule has 0 radical (unpaired) electrons. The number of hydrogen-bond acceptors (Lipinski definition) is 5. The van der Waals surface area contributed by atoms with Crippen LogP contribution in [0.4, 0.5) is 4.39 Å². The van der Waals surface area contributed by atoms with Crippen LogP contribution in [-0.2, 0) is 12.8 Å². The SMILES string of the molecule is Cc1nn(-c2ccccc2)c(Oc2ccc(F)cc2)c1/C=N/NC(=O)c1cc2c(s1)CCC(C)C2. The number of benzene rings is 2. The number of aryl methyl sites for hydroxylation is 2. The molecule has 1 amide bonds. The van der Waals surface area contributed by atoms with Crippen LogP contribution in [0.1, 0.15) is 44.7 Å².